The third kappa shape index (κ3) is 5.58. The number of anilines is 3. The Hall–Kier alpha value is -2.44. The molecule has 1 aromatic heterocycles. The molecule has 156 valence electrons. The Morgan fingerprint density at radius 3 is 2.50 bits per heavy atom. The van der Waals surface area contributed by atoms with Gasteiger partial charge in [-0.05, 0) is 71.0 Å². The summed E-state index contributed by atoms with van der Waals surface area (Å²) in [6.45, 7) is 6.46. The number of halogens is 1. The second-order valence-electron chi connectivity index (χ2n) is 7.89. The molecule has 0 saturated carbocycles. The zero-order valence-electron chi connectivity index (χ0n) is 17.3. The van der Waals surface area contributed by atoms with Gasteiger partial charge < -0.3 is 10.6 Å². The molecule has 1 atom stereocenters. The minimum Gasteiger partial charge on any atom is -0.368 e. The van der Waals surface area contributed by atoms with Crippen molar-refractivity contribution in [3.63, 3.8) is 0 Å². The van der Waals surface area contributed by atoms with Crippen molar-refractivity contribution in [1.82, 2.24) is 14.9 Å². The van der Waals surface area contributed by atoms with E-state index < -0.39 is 0 Å². The van der Waals surface area contributed by atoms with Gasteiger partial charge >= 0.3 is 0 Å². The van der Waals surface area contributed by atoms with E-state index >= 15 is 0 Å². The van der Waals surface area contributed by atoms with Crippen LogP contribution in [0.4, 0.5) is 17.5 Å². The Morgan fingerprint density at radius 2 is 1.77 bits per heavy atom. The average molecular weight is 466 g/mol. The molecule has 5 nitrogen and oxygen atoms in total. The monoisotopic (exact) mass is 465 g/mol. The highest BCUT2D eigenvalue weighted by Crippen LogP contribution is 2.24. The molecule has 1 aliphatic rings. The zero-order chi connectivity index (χ0) is 20.8. The van der Waals surface area contributed by atoms with E-state index in [1.54, 1.807) is 6.20 Å². The van der Waals surface area contributed by atoms with Crippen LogP contribution in [-0.4, -0.2) is 34.5 Å². The van der Waals surface area contributed by atoms with Gasteiger partial charge in [-0.25, -0.2) is 4.98 Å². The van der Waals surface area contributed by atoms with Gasteiger partial charge in [0.1, 0.15) is 5.82 Å². The highest BCUT2D eigenvalue weighted by molar-refractivity contribution is 9.10. The summed E-state index contributed by atoms with van der Waals surface area (Å²) >= 11 is 3.55. The quantitative estimate of drug-likeness (QED) is 0.440. The average Bonchev–Trinajstić information content (AvgIpc) is 3.29. The van der Waals surface area contributed by atoms with Crippen LogP contribution in [0.15, 0.2) is 65.3 Å². The number of hydrogen-bond donors (Lipinski definition) is 2. The van der Waals surface area contributed by atoms with Gasteiger partial charge in [-0.2, -0.15) is 4.98 Å². The lowest BCUT2D eigenvalue weighted by Crippen LogP contribution is -2.18. The van der Waals surface area contributed by atoms with E-state index in [-0.39, 0.29) is 0 Å². The predicted molar refractivity (Wildman–Crippen MR) is 127 cm³/mol. The van der Waals surface area contributed by atoms with Gasteiger partial charge in [-0.3, -0.25) is 4.90 Å². The van der Waals surface area contributed by atoms with E-state index in [2.05, 4.69) is 96.9 Å². The van der Waals surface area contributed by atoms with Crippen LogP contribution in [0.3, 0.4) is 0 Å². The van der Waals surface area contributed by atoms with Crippen molar-refractivity contribution < 1.29 is 0 Å². The normalized spacial score (nSPS) is 15.1. The zero-order valence-corrected chi connectivity index (χ0v) is 18.9. The van der Waals surface area contributed by atoms with Crippen molar-refractivity contribution >= 4 is 33.4 Å². The molecule has 4 rings (SSSR count). The molecule has 1 unspecified atom stereocenters. The first kappa shape index (κ1) is 20.8. The second kappa shape index (κ2) is 10.0. The molecule has 1 fully saturated rings. The minimum absolute atomic E-state index is 0.382. The van der Waals surface area contributed by atoms with Crippen molar-refractivity contribution in [2.24, 2.45) is 0 Å². The van der Waals surface area contributed by atoms with Gasteiger partial charge in [0.2, 0.25) is 5.95 Å². The smallest absolute Gasteiger partial charge is 0.229 e. The molecule has 0 amide bonds. The van der Waals surface area contributed by atoms with Crippen LogP contribution in [0.1, 0.15) is 36.8 Å². The third-order valence-electron chi connectivity index (χ3n) is 5.50. The Morgan fingerprint density at radius 1 is 1.03 bits per heavy atom. The number of nitrogens with one attached hydrogen (secondary N) is 2. The molecule has 2 N–H and O–H groups in total. The van der Waals surface area contributed by atoms with E-state index in [0.717, 1.165) is 29.1 Å². The molecule has 2 heterocycles. The summed E-state index contributed by atoms with van der Waals surface area (Å²) in [6, 6.07) is 19.1. The molecule has 1 aliphatic heterocycles. The van der Waals surface area contributed by atoms with Crippen molar-refractivity contribution in [2.75, 3.05) is 30.3 Å². The van der Waals surface area contributed by atoms with Crippen LogP contribution in [-0.2, 0) is 6.54 Å². The fourth-order valence-corrected chi connectivity index (χ4v) is 4.05. The molecule has 0 spiro atoms. The lowest BCUT2D eigenvalue weighted by Gasteiger charge is -2.16. The molecular weight excluding hydrogens is 438 g/mol. The first-order valence-electron chi connectivity index (χ1n) is 10.6. The summed E-state index contributed by atoms with van der Waals surface area (Å²) in [6.07, 6.45) is 4.43. The van der Waals surface area contributed by atoms with Crippen LogP contribution in [0.2, 0.25) is 0 Å². The SMILES string of the molecule is CC(CNc1nc(Nc2ccc(CN3CCCC3)cc2)ncc1Br)c1ccccc1. The molecule has 30 heavy (non-hydrogen) atoms. The topological polar surface area (TPSA) is 53.1 Å². The Bertz CT molecular complexity index is 940. The van der Waals surface area contributed by atoms with Crippen LogP contribution in [0.5, 0.6) is 0 Å². The van der Waals surface area contributed by atoms with E-state index in [1.807, 2.05) is 6.07 Å². The number of benzene rings is 2. The summed E-state index contributed by atoms with van der Waals surface area (Å²) in [5.41, 5.74) is 3.64. The number of rotatable bonds is 8. The first-order valence-corrected chi connectivity index (χ1v) is 11.4. The molecule has 0 aliphatic carbocycles. The maximum absolute atomic E-state index is 4.65. The number of nitrogens with zero attached hydrogens (tertiary/aromatic N) is 3. The standard InChI is InChI=1S/C24H28BrN5/c1-18(20-7-3-2-4-8-20)15-26-23-22(25)16-27-24(29-23)28-21-11-9-19(10-12-21)17-30-13-5-6-14-30/h2-4,7-12,16,18H,5-6,13-15,17H2,1H3,(H2,26,27,28,29). The van der Waals surface area contributed by atoms with Crippen molar-refractivity contribution in [1.29, 1.82) is 0 Å². The van der Waals surface area contributed by atoms with Crippen molar-refractivity contribution in [2.45, 2.75) is 32.2 Å². The van der Waals surface area contributed by atoms with Crippen LogP contribution < -0.4 is 10.6 Å². The molecule has 3 aromatic rings. The maximum Gasteiger partial charge on any atom is 0.229 e. The Balaban J connectivity index is 1.36. The molecule has 1 saturated heterocycles. The molecule has 0 bridgehead atoms. The fourth-order valence-electron chi connectivity index (χ4n) is 3.72. The fraction of sp³-hybridized carbons (Fsp3) is 0.333. The Kier molecular flexibility index (Phi) is 6.97. The lowest BCUT2D eigenvalue weighted by molar-refractivity contribution is 0.331. The highest BCUT2D eigenvalue weighted by atomic mass is 79.9. The van der Waals surface area contributed by atoms with E-state index in [4.69, 9.17) is 0 Å². The van der Waals surface area contributed by atoms with Gasteiger partial charge in [0.15, 0.2) is 0 Å². The van der Waals surface area contributed by atoms with Crippen molar-refractivity contribution in [3.8, 4) is 0 Å². The van der Waals surface area contributed by atoms with Crippen LogP contribution in [0.25, 0.3) is 0 Å². The number of likely N-dealkylation sites (tertiary alicyclic amines) is 1. The van der Waals surface area contributed by atoms with Crippen molar-refractivity contribution in [3.05, 3.63) is 76.4 Å². The highest BCUT2D eigenvalue weighted by Gasteiger charge is 2.12. The molecule has 0 radical (unpaired) electrons. The maximum atomic E-state index is 4.65. The molecule has 2 aromatic carbocycles. The van der Waals surface area contributed by atoms with Gasteiger partial charge in [0.05, 0.1) is 4.47 Å². The van der Waals surface area contributed by atoms with E-state index in [0.29, 0.717) is 11.9 Å². The minimum atomic E-state index is 0.382. The summed E-state index contributed by atoms with van der Waals surface area (Å²) in [7, 11) is 0. The van der Waals surface area contributed by atoms with Gasteiger partial charge in [0.25, 0.3) is 0 Å². The van der Waals surface area contributed by atoms with Gasteiger partial charge in [-0.15, -0.1) is 0 Å². The molecule has 6 heteroatoms. The van der Waals surface area contributed by atoms with Gasteiger partial charge in [-0.1, -0.05) is 49.4 Å². The first-order chi connectivity index (χ1) is 14.7. The predicted octanol–water partition coefficient (Wildman–Crippen LogP) is 5.79. The number of hydrogen-bond acceptors (Lipinski definition) is 5. The van der Waals surface area contributed by atoms with E-state index in [9.17, 15) is 0 Å². The van der Waals surface area contributed by atoms with Crippen LogP contribution in [0, 0.1) is 0 Å². The number of aromatic nitrogens is 2. The van der Waals surface area contributed by atoms with E-state index in [1.165, 1.54) is 37.1 Å². The largest absolute Gasteiger partial charge is 0.368 e. The summed E-state index contributed by atoms with van der Waals surface area (Å²) in [5, 5.41) is 6.76. The second-order valence-corrected chi connectivity index (χ2v) is 8.74. The third-order valence-corrected chi connectivity index (χ3v) is 6.08. The summed E-state index contributed by atoms with van der Waals surface area (Å²) in [5.74, 6) is 1.76. The summed E-state index contributed by atoms with van der Waals surface area (Å²) in [4.78, 5) is 11.6. The lowest BCUT2D eigenvalue weighted by atomic mass is 10.0. The van der Waals surface area contributed by atoms with Gasteiger partial charge in [0, 0.05) is 25.0 Å². The van der Waals surface area contributed by atoms with Crippen LogP contribution >= 0.6 is 15.9 Å². The molecular formula is C24H28BrN5. The Labute approximate surface area is 187 Å². The summed E-state index contributed by atoms with van der Waals surface area (Å²) < 4.78 is 0.856.